The number of carbonyl (C=O) groups excluding carboxylic acids is 2. The van der Waals surface area contributed by atoms with Gasteiger partial charge in [-0.25, -0.2) is 4.79 Å². The topological polar surface area (TPSA) is 91.9 Å². The first kappa shape index (κ1) is 26.1. The van der Waals surface area contributed by atoms with Crippen LogP contribution >= 0.6 is 23.2 Å². The van der Waals surface area contributed by atoms with Crippen molar-refractivity contribution in [2.45, 2.75) is 26.0 Å². The third-order valence-corrected chi connectivity index (χ3v) is 6.04. The van der Waals surface area contributed by atoms with Crippen molar-refractivity contribution in [1.82, 2.24) is 10.2 Å². The lowest BCUT2D eigenvalue weighted by Crippen LogP contribution is -2.44. The van der Waals surface area contributed by atoms with Gasteiger partial charge < -0.3 is 30.3 Å². The predicted octanol–water partition coefficient (Wildman–Crippen LogP) is 4.73. The number of amides is 3. The Kier molecular flexibility index (Phi) is 9.02. The number of anilines is 2. The first-order chi connectivity index (χ1) is 16.2. The maximum Gasteiger partial charge on any atom is 0.323 e. The molecule has 0 saturated heterocycles. The SMILES string of the molecule is CO[C@H]1CN(C)C(=O)c2ccc(NC(=O)Nc3cc(Cl)cc(Cl)c3)cc2OC[C@H](C)NC[C@@H]1C. The maximum atomic E-state index is 13.2. The molecular formula is C24H30Cl2N4O4. The van der Waals surface area contributed by atoms with Crippen LogP contribution in [0.3, 0.4) is 0 Å². The summed E-state index contributed by atoms with van der Waals surface area (Å²) in [5.74, 6) is 0.410. The van der Waals surface area contributed by atoms with Gasteiger partial charge in [-0.15, -0.1) is 0 Å². The van der Waals surface area contributed by atoms with Crippen molar-refractivity contribution in [2.75, 3.05) is 44.5 Å². The molecule has 10 heteroatoms. The van der Waals surface area contributed by atoms with Crippen molar-refractivity contribution in [3.05, 3.63) is 52.0 Å². The summed E-state index contributed by atoms with van der Waals surface area (Å²) < 4.78 is 11.6. The highest BCUT2D eigenvalue weighted by Gasteiger charge is 2.25. The zero-order valence-corrected chi connectivity index (χ0v) is 21.2. The van der Waals surface area contributed by atoms with Gasteiger partial charge in [0.05, 0.1) is 11.7 Å². The van der Waals surface area contributed by atoms with Gasteiger partial charge in [0, 0.05) is 60.8 Å². The number of nitrogens with zero attached hydrogens (tertiary/aromatic N) is 1. The van der Waals surface area contributed by atoms with Crippen LogP contribution in [0.4, 0.5) is 16.2 Å². The summed E-state index contributed by atoms with van der Waals surface area (Å²) in [6, 6.07) is 9.26. The Hall–Kier alpha value is -2.52. The number of methoxy groups -OCH3 is 1. The molecule has 0 fully saturated rings. The van der Waals surface area contributed by atoms with E-state index in [-0.39, 0.29) is 24.0 Å². The van der Waals surface area contributed by atoms with Gasteiger partial charge in [-0.1, -0.05) is 30.1 Å². The molecule has 3 amide bonds. The molecule has 8 nitrogen and oxygen atoms in total. The van der Waals surface area contributed by atoms with Crippen LogP contribution in [0.2, 0.25) is 10.0 Å². The first-order valence-corrected chi connectivity index (χ1v) is 11.7. The minimum Gasteiger partial charge on any atom is -0.491 e. The number of carbonyl (C=O) groups is 2. The van der Waals surface area contributed by atoms with E-state index in [0.29, 0.717) is 45.9 Å². The lowest BCUT2D eigenvalue weighted by atomic mass is 10.0. The number of hydrogen-bond donors (Lipinski definition) is 3. The van der Waals surface area contributed by atoms with E-state index < -0.39 is 6.03 Å². The molecule has 1 aliphatic heterocycles. The third-order valence-electron chi connectivity index (χ3n) is 5.61. The van der Waals surface area contributed by atoms with E-state index in [4.69, 9.17) is 32.7 Å². The molecule has 184 valence electrons. The van der Waals surface area contributed by atoms with E-state index in [1.165, 1.54) is 0 Å². The number of fused-ring (bicyclic) bond motifs is 1. The van der Waals surface area contributed by atoms with Crippen molar-refractivity contribution >= 4 is 46.5 Å². The fourth-order valence-electron chi connectivity index (χ4n) is 3.65. The Bertz CT molecular complexity index is 1020. The molecule has 3 N–H and O–H groups in total. The number of ether oxygens (including phenoxy) is 2. The second-order valence-corrected chi connectivity index (χ2v) is 9.38. The van der Waals surface area contributed by atoms with Gasteiger partial charge in [-0.3, -0.25) is 4.79 Å². The molecule has 0 aliphatic carbocycles. The molecule has 0 spiro atoms. The smallest absolute Gasteiger partial charge is 0.323 e. The molecule has 2 aromatic rings. The second kappa shape index (κ2) is 11.8. The minimum absolute atomic E-state index is 0.0487. The van der Waals surface area contributed by atoms with Crippen LogP contribution in [0.5, 0.6) is 5.75 Å². The van der Waals surface area contributed by atoms with E-state index in [1.807, 2.05) is 6.92 Å². The molecule has 0 bridgehead atoms. The molecule has 34 heavy (non-hydrogen) atoms. The van der Waals surface area contributed by atoms with Crippen molar-refractivity contribution in [1.29, 1.82) is 0 Å². The standard InChI is InChI=1S/C24H30Cl2N4O4/c1-14-11-27-15(2)13-34-21-10-18(5-6-20(21)23(31)30(3)12-22(14)33-4)28-24(32)29-19-8-16(25)7-17(26)9-19/h5-10,14-15,22,27H,11-13H2,1-4H3,(H2,28,29,32)/t14-,15-,22-/m0/s1. The number of nitrogens with one attached hydrogen (secondary N) is 3. The van der Waals surface area contributed by atoms with Crippen LogP contribution in [0, 0.1) is 5.92 Å². The average Bonchev–Trinajstić information content (AvgIpc) is 2.77. The van der Waals surface area contributed by atoms with Gasteiger partial charge in [0.1, 0.15) is 12.4 Å². The quantitative estimate of drug-likeness (QED) is 0.557. The van der Waals surface area contributed by atoms with Gasteiger partial charge in [0.25, 0.3) is 5.91 Å². The van der Waals surface area contributed by atoms with Gasteiger partial charge in [-0.2, -0.15) is 0 Å². The average molecular weight is 509 g/mol. The number of rotatable bonds is 3. The summed E-state index contributed by atoms with van der Waals surface area (Å²) in [5, 5.41) is 9.70. The summed E-state index contributed by atoms with van der Waals surface area (Å²) >= 11 is 12.0. The van der Waals surface area contributed by atoms with Crippen LogP contribution in [0.15, 0.2) is 36.4 Å². The zero-order valence-electron chi connectivity index (χ0n) is 19.7. The molecule has 2 aromatic carbocycles. The van der Waals surface area contributed by atoms with E-state index in [0.717, 1.165) is 6.54 Å². The highest BCUT2D eigenvalue weighted by atomic mass is 35.5. The monoisotopic (exact) mass is 508 g/mol. The van der Waals surface area contributed by atoms with E-state index in [1.54, 1.807) is 55.5 Å². The molecule has 1 heterocycles. The van der Waals surface area contributed by atoms with Crippen molar-refractivity contribution in [2.24, 2.45) is 5.92 Å². The van der Waals surface area contributed by atoms with Crippen molar-refractivity contribution < 1.29 is 19.1 Å². The molecule has 1 aliphatic rings. The largest absolute Gasteiger partial charge is 0.491 e. The zero-order chi connectivity index (χ0) is 24.8. The highest BCUT2D eigenvalue weighted by Crippen LogP contribution is 2.27. The minimum atomic E-state index is -0.484. The van der Waals surface area contributed by atoms with Crippen LogP contribution < -0.4 is 20.7 Å². The van der Waals surface area contributed by atoms with Crippen LogP contribution in [-0.2, 0) is 4.74 Å². The number of urea groups is 1. The Morgan fingerprint density at radius 2 is 1.79 bits per heavy atom. The number of likely N-dealkylation sites (N-methyl/N-ethyl adjacent to an activating group) is 1. The lowest BCUT2D eigenvalue weighted by Gasteiger charge is -2.30. The van der Waals surface area contributed by atoms with Gasteiger partial charge in [0.15, 0.2) is 0 Å². The third kappa shape index (κ3) is 6.99. The molecule has 0 saturated carbocycles. The van der Waals surface area contributed by atoms with Gasteiger partial charge in [-0.05, 0) is 43.2 Å². The predicted molar refractivity (Wildman–Crippen MR) is 135 cm³/mol. The summed E-state index contributed by atoms with van der Waals surface area (Å²) in [6.07, 6.45) is -0.109. The first-order valence-electron chi connectivity index (χ1n) is 11.0. The van der Waals surface area contributed by atoms with E-state index in [2.05, 4.69) is 22.9 Å². The van der Waals surface area contributed by atoms with E-state index in [9.17, 15) is 9.59 Å². The van der Waals surface area contributed by atoms with Crippen molar-refractivity contribution in [3.8, 4) is 5.75 Å². The van der Waals surface area contributed by atoms with Crippen LogP contribution in [0.1, 0.15) is 24.2 Å². The van der Waals surface area contributed by atoms with Crippen LogP contribution in [-0.4, -0.2) is 62.8 Å². The van der Waals surface area contributed by atoms with Gasteiger partial charge in [0.2, 0.25) is 0 Å². The fourth-order valence-corrected chi connectivity index (χ4v) is 4.18. The number of hydrogen-bond acceptors (Lipinski definition) is 5. The summed E-state index contributed by atoms with van der Waals surface area (Å²) in [4.78, 5) is 27.3. The lowest BCUT2D eigenvalue weighted by molar-refractivity contribution is 0.0281. The van der Waals surface area contributed by atoms with E-state index >= 15 is 0 Å². The Morgan fingerprint density at radius 3 is 2.47 bits per heavy atom. The molecule has 3 atom stereocenters. The van der Waals surface area contributed by atoms with Crippen LogP contribution in [0.25, 0.3) is 0 Å². The molecular weight excluding hydrogens is 479 g/mol. The molecule has 0 unspecified atom stereocenters. The fraction of sp³-hybridized carbons (Fsp3) is 0.417. The van der Waals surface area contributed by atoms with Crippen molar-refractivity contribution in [3.63, 3.8) is 0 Å². The summed E-state index contributed by atoms with van der Waals surface area (Å²) in [5.41, 5.74) is 1.33. The summed E-state index contributed by atoms with van der Waals surface area (Å²) in [6.45, 7) is 5.63. The number of halogens is 2. The Labute approximate surface area is 209 Å². The maximum absolute atomic E-state index is 13.2. The molecule has 0 aromatic heterocycles. The number of benzene rings is 2. The molecule has 0 radical (unpaired) electrons. The Morgan fingerprint density at radius 1 is 1.12 bits per heavy atom. The highest BCUT2D eigenvalue weighted by molar-refractivity contribution is 6.35. The molecule has 3 rings (SSSR count). The Balaban J connectivity index is 1.81. The normalized spacial score (nSPS) is 21.5. The second-order valence-electron chi connectivity index (χ2n) is 8.51. The van der Waals surface area contributed by atoms with Gasteiger partial charge >= 0.3 is 6.03 Å². The summed E-state index contributed by atoms with van der Waals surface area (Å²) in [7, 11) is 3.40.